The van der Waals surface area contributed by atoms with E-state index >= 15 is 0 Å². The van der Waals surface area contributed by atoms with E-state index in [9.17, 15) is 9.59 Å². The Kier molecular flexibility index (Phi) is 5.38. The number of nitrogens with one attached hydrogen (secondary N) is 1. The van der Waals surface area contributed by atoms with Crippen molar-refractivity contribution in [3.05, 3.63) is 70.8 Å². The van der Waals surface area contributed by atoms with E-state index in [0.29, 0.717) is 5.56 Å². The molecule has 0 saturated carbocycles. The summed E-state index contributed by atoms with van der Waals surface area (Å²) in [4.78, 5) is 27.4. The number of carboxylic acid groups (broad SMARTS) is 1. The molecule has 1 aliphatic rings. The lowest BCUT2D eigenvalue weighted by atomic mass is 10.1. The molecule has 2 unspecified atom stereocenters. The van der Waals surface area contributed by atoms with Gasteiger partial charge in [0.25, 0.3) is 5.91 Å². The average Bonchev–Trinajstić information content (AvgIpc) is 2.55. The maximum absolute atomic E-state index is 12.2. The van der Waals surface area contributed by atoms with E-state index in [1.807, 2.05) is 0 Å². The molecule has 118 valence electrons. The number of carbonyl (C=O) groups is 2. The van der Waals surface area contributed by atoms with E-state index in [4.69, 9.17) is 10.6 Å². The first-order valence-corrected chi connectivity index (χ1v) is 6.84. The standard InChI is InChI=1S/C15H15N5O3/c16-19-18-14(17-15(23)11-6-2-1-3-7-11)12-8-4-5-9-20(12)10-13(21)22/h1-9,12,14H,10H2,(H,17,23)(H,21,22). The number of nitrogens with zero attached hydrogens (tertiary/aromatic N) is 4. The minimum absolute atomic E-state index is 0.274. The van der Waals surface area contributed by atoms with Crippen LogP contribution in [0.1, 0.15) is 10.4 Å². The van der Waals surface area contributed by atoms with Gasteiger partial charge < -0.3 is 15.3 Å². The number of carbonyl (C=O) groups excluding carboxylic acids is 1. The minimum Gasteiger partial charge on any atom is -0.480 e. The van der Waals surface area contributed by atoms with Crippen LogP contribution in [0.25, 0.3) is 10.4 Å². The fraction of sp³-hybridized carbons (Fsp3) is 0.200. The fourth-order valence-corrected chi connectivity index (χ4v) is 2.19. The number of amides is 1. The predicted octanol–water partition coefficient (Wildman–Crippen LogP) is 1.89. The lowest BCUT2D eigenvalue weighted by molar-refractivity contribution is -0.138. The monoisotopic (exact) mass is 313 g/mol. The van der Waals surface area contributed by atoms with Crippen LogP contribution in [0, 0.1) is 0 Å². The molecular weight excluding hydrogens is 298 g/mol. The summed E-state index contributed by atoms with van der Waals surface area (Å²) in [7, 11) is 0. The van der Waals surface area contributed by atoms with Crippen molar-refractivity contribution in [1.29, 1.82) is 0 Å². The van der Waals surface area contributed by atoms with Gasteiger partial charge in [0.1, 0.15) is 12.7 Å². The van der Waals surface area contributed by atoms with Crippen molar-refractivity contribution in [3.63, 3.8) is 0 Å². The van der Waals surface area contributed by atoms with Crippen molar-refractivity contribution in [1.82, 2.24) is 10.2 Å². The summed E-state index contributed by atoms with van der Waals surface area (Å²) in [6, 6.07) is 7.90. The van der Waals surface area contributed by atoms with Gasteiger partial charge >= 0.3 is 5.97 Å². The third-order valence-electron chi connectivity index (χ3n) is 3.21. The highest BCUT2D eigenvalue weighted by Crippen LogP contribution is 2.14. The first-order chi connectivity index (χ1) is 11.1. The predicted molar refractivity (Wildman–Crippen MR) is 83.3 cm³/mol. The second-order valence-electron chi connectivity index (χ2n) is 4.77. The summed E-state index contributed by atoms with van der Waals surface area (Å²) < 4.78 is 0. The van der Waals surface area contributed by atoms with Gasteiger partial charge in [0, 0.05) is 16.7 Å². The second kappa shape index (κ2) is 7.67. The minimum atomic E-state index is -1.02. The number of aliphatic carboxylic acids is 1. The van der Waals surface area contributed by atoms with Crippen molar-refractivity contribution in [2.75, 3.05) is 6.54 Å². The molecule has 0 fully saturated rings. The molecule has 2 rings (SSSR count). The summed E-state index contributed by atoms with van der Waals surface area (Å²) >= 11 is 0. The molecule has 0 saturated heterocycles. The van der Waals surface area contributed by atoms with Gasteiger partial charge in [-0.1, -0.05) is 35.5 Å². The average molecular weight is 313 g/mol. The Labute approximate surface area is 132 Å². The molecule has 23 heavy (non-hydrogen) atoms. The van der Waals surface area contributed by atoms with E-state index in [1.165, 1.54) is 4.90 Å². The summed E-state index contributed by atoms with van der Waals surface area (Å²) in [5.74, 6) is -1.43. The molecule has 0 aromatic heterocycles. The first kappa shape index (κ1) is 16.1. The Hall–Kier alpha value is -3.25. The third kappa shape index (κ3) is 4.36. The Balaban J connectivity index is 2.18. The van der Waals surface area contributed by atoms with Crippen LogP contribution in [-0.4, -0.2) is 40.6 Å². The van der Waals surface area contributed by atoms with E-state index in [-0.39, 0.29) is 6.54 Å². The van der Waals surface area contributed by atoms with Gasteiger partial charge in [0.05, 0.1) is 6.04 Å². The van der Waals surface area contributed by atoms with Gasteiger partial charge in [-0.2, -0.15) is 0 Å². The normalized spacial score (nSPS) is 17.2. The number of benzene rings is 1. The van der Waals surface area contributed by atoms with E-state index < -0.39 is 24.1 Å². The third-order valence-corrected chi connectivity index (χ3v) is 3.21. The number of carboxylic acids is 1. The Morgan fingerprint density at radius 1 is 1.35 bits per heavy atom. The highest BCUT2D eigenvalue weighted by molar-refractivity contribution is 5.94. The summed E-state index contributed by atoms with van der Waals surface area (Å²) in [6.07, 6.45) is 5.69. The molecule has 0 spiro atoms. The Morgan fingerprint density at radius 3 is 2.74 bits per heavy atom. The van der Waals surface area contributed by atoms with Crippen molar-refractivity contribution in [2.45, 2.75) is 12.2 Å². The lowest BCUT2D eigenvalue weighted by Crippen LogP contribution is -2.49. The van der Waals surface area contributed by atoms with Crippen molar-refractivity contribution in [3.8, 4) is 0 Å². The molecule has 1 heterocycles. The topological polar surface area (TPSA) is 118 Å². The number of azide groups is 1. The zero-order valence-corrected chi connectivity index (χ0v) is 12.1. The highest BCUT2D eigenvalue weighted by atomic mass is 16.4. The quantitative estimate of drug-likeness (QED) is 0.473. The summed E-state index contributed by atoms with van der Waals surface area (Å²) in [6.45, 7) is -0.274. The molecule has 1 aromatic carbocycles. The molecule has 1 amide bonds. The maximum Gasteiger partial charge on any atom is 0.323 e. The van der Waals surface area contributed by atoms with Crippen LogP contribution in [0.2, 0.25) is 0 Å². The van der Waals surface area contributed by atoms with Crippen molar-refractivity contribution in [2.24, 2.45) is 5.11 Å². The molecule has 0 aliphatic carbocycles. The number of rotatable bonds is 6. The SMILES string of the molecule is [N-]=[N+]=NC(NC(=O)c1ccccc1)C1C=CC=CN1CC(=O)O. The molecule has 8 nitrogen and oxygen atoms in total. The van der Waals surface area contributed by atoms with Crippen LogP contribution in [0.3, 0.4) is 0 Å². The van der Waals surface area contributed by atoms with Gasteiger partial charge in [0.15, 0.2) is 0 Å². The zero-order chi connectivity index (χ0) is 16.7. The van der Waals surface area contributed by atoms with Gasteiger partial charge in [0.2, 0.25) is 0 Å². The van der Waals surface area contributed by atoms with Gasteiger partial charge in [-0.05, 0) is 23.7 Å². The van der Waals surface area contributed by atoms with Crippen LogP contribution in [0.15, 0.2) is 59.9 Å². The molecule has 2 atom stereocenters. The van der Waals surface area contributed by atoms with Crippen LogP contribution in [0.4, 0.5) is 0 Å². The number of hydrogen-bond acceptors (Lipinski definition) is 4. The molecule has 1 aliphatic heterocycles. The number of allylic oxidation sites excluding steroid dienone is 2. The van der Waals surface area contributed by atoms with Crippen molar-refractivity contribution >= 4 is 11.9 Å². The molecule has 0 radical (unpaired) electrons. The molecule has 8 heteroatoms. The molecular formula is C15H15N5O3. The zero-order valence-electron chi connectivity index (χ0n) is 12.1. The Bertz CT molecular complexity index is 680. The van der Waals surface area contributed by atoms with Crippen molar-refractivity contribution < 1.29 is 14.7 Å². The highest BCUT2D eigenvalue weighted by Gasteiger charge is 2.27. The first-order valence-electron chi connectivity index (χ1n) is 6.84. The second-order valence-corrected chi connectivity index (χ2v) is 4.77. The van der Waals surface area contributed by atoms with E-state index in [2.05, 4.69) is 15.3 Å². The van der Waals surface area contributed by atoms with Gasteiger partial charge in [-0.25, -0.2) is 0 Å². The largest absolute Gasteiger partial charge is 0.480 e. The number of hydrogen-bond donors (Lipinski definition) is 2. The fourth-order valence-electron chi connectivity index (χ4n) is 2.19. The summed E-state index contributed by atoms with van der Waals surface area (Å²) in [5.41, 5.74) is 9.17. The molecule has 1 aromatic rings. The smallest absolute Gasteiger partial charge is 0.323 e. The molecule has 2 N–H and O–H groups in total. The molecule has 0 bridgehead atoms. The lowest BCUT2D eigenvalue weighted by Gasteiger charge is -2.33. The van der Waals surface area contributed by atoms with Crippen LogP contribution < -0.4 is 5.32 Å². The maximum atomic E-state index is 12.2. The van der Waals surface area contributed by atoms with Gasteiger partial charge in [-0.3, -0.25) is 9.59 Å². The van der Waals surface area contributed by atoms with Crippen LogP contribution in [0.5, 0.6) is 0 Å². The Morgan fingerprint density at radius 2 is 2.09 bits per heavy atom. The summed E-state index contributed by atoms with van der Waals surface area (Å²) in [5, 5.41) is 15.2. The van der Waals surface area contributed by atoms with Crippen LogP contribution in [-0.2, 0) is 4.79 Å². The van der Waals surface area contributed by atoms with Crippen LogP contribution >= 0.6 is 0 Å². The van der Waals surface area contributed by atoms with Gasteiger partial charge in [-0.15, -0.1) is 0 Å². The van der Waals surface area contributed by atoms with E-state index in [0.717, 1.165) is 0 Å². The van der Waals surface area contributed by atoms with E-state index in [1.54, 1.807) is 54.8 Å².